The van der Waals surface area contributed by atoms with Crippen LogP contribution in [-0.4, -0.2) is 45.5 Å². The number of nitrogens with zero attached hydrogens (tertiary/aromatic N) is 1. The normalized spacial score (nSPS) is 10.5. The van der Waals surface area contributed by atoms with Gasteiger partial charge in [-0.3, -0.25) is 4.79 Å². The molecule has 2 aromatic carbocycles. The number of esters is 1. The van der Waals surface area contributed by atoms with Crippen molar-refractivity contribution >= 4 is 23.8 Å². The lowest BCUT2D eigenvalue weighted by Gasteiger charge is -2.07. The number of carbonyl (C=O) groups is 2. The van der Waals surface area contributed by atoms with Crippen LogP contribution in [-0.2, 0) is 14.4 Å². The fourth-order valence-corrected chi connectivity index (χ4v) is 2.41. The fraction of sp³-hybridized carbons (Fsp3) is 0.318. The first-order chi connectivity index (χ1) is 14.6. The summed E-state index contributed by atoms with van der Waals surface area (Å²) in [5.41, 5.74) is 1.70. The van der Waals surface area contributed by atoms with Crippen molar-refractivity contribution in [2.75, 3.05) is 32.8 Å². The molecule has 0 bridgehead atoms. The third-order valence-electron chi connectivity index (χ3n) is 4.01. The van der Waals surface area contributed by atoms with Gasteiger partial charge in [0.2, 0.25) is 0 Å². The molecule has 1 N–H and O–H groups in total. The molecule has 0 spiro atoms. The lowest BCUT2D eigenvalue weighted by Crippen LogP contribution is -2.17. The molecule has 160 valence electrons. The van der Waals surface area contributed by atoms with Crippen LogP contribution < -0.4 is 14.8 Å². The van der Waals surface area contributed by atoms with E-state index in [4.69, 9.17) is 19.0 Å². The summed E-state index contributed by atoms with van der Waals surface area (Å²) in [6, 6.07) is 11.7. The monoisotopic (exact) mass is 414 g/mol. The summed E-state index contributed by atoms with van der Waals surface area (Å²) >= 11 is 0. The highest BCUT2D eigenvalue weighted by atomic mass is 16.6. The van der Waals surface area contributed by atoms with E-state index in [1.807, 2.05) is 6.92 Å². The zero-order chi connectivity index (χ0) is 21.8. The van der Waals surface area contributed by atoms with Crippen molar-refractivity contribution in [1.29, 1.82) is 0 Å². The van der Waals surface area contributed by atoms with Crippen LogP contribution in [0.2, 0.25) is 0 Å². The second-order valence-electron chi connectivity index (χ2n) is 6.24. The highest BCUT2D eigenvalue weighted by Gasteiger charge is 2.08. The van der Waals surface area contributed by atoms with Crippen LogP contribution in [0.25, 0.3) is 0 Å². The minimum absolute atomic E-state index is 0.259. The molecule has 0 heterocycles. The summed E-state index contributed by atoms with van der Waals surface area (Å²) in [6.07, 6.45) is 3.25. The third-order valence-corrected chi connectivity index (χ3v) is 4.01. The van der Waals surface area contributed by atoms with E-state index in [9.17, 15) is 9.59 Å². The summed E-state index contributed by atoms with van der Waals surface area (Å²) in [4.78, 5) is 28.9. The highest BCUT2D eigenvalue weighted by molar-refractivity contribution is 5.93. The summed E-state index contributed by atoms with van der Waals surface area (Å²) in [7, 11) is 3.10. The molecule has 30 heavy (non-hydrogen) atoms. The Balaban J connectivity index is 1.79. The molecule has 1 amide bonds. The summed E-state index contributed by atoms with van der Waals surface area (Å²) in [5, 5.41) is 6.45. The Morgan fingerprint density at radius 1 is 1.03 bits per heavy atom. The second kappa shape index (κ2) is 12.1. The number of rotatable bonds is 11. The molecule has 0 aliphatic rings. The summed E-state index contributed by atoms with van der Waals surface area (Å²) in [6.45, 7) is 2.16. The Bertz CT molecular complexity index is 864. The number of benzene rings is 2. The van der Waals surface area contributed by atoms with Crippen LogP contribution in [0.1, 0.15) is 35.7 Å². The summed E-state index contributed by atoms with van der Waals surface area (Å²) < 4.78 is 15.5. The molecule has 8 heteroatoms. The topological polar surface area (TPSA) is 95.5 Å². The van der Waals surface area contributed by atoms with E-state index in [1.165, 1.54) is 6.21 Å². The van der Waals surface area contributed by atoms with E-state index >= 15 is 0 Å². The van der Waals surface area contributed by atoms with Crippen LogP contribution in [0.5, 0.6) is 11.5 Å². The van der Waals surface area contributed by atoms with Gasteiger partial charge in [-0.1, -0.05) is 18.5 Å². The van der Waals surface area contributed by atoms with Crippen molar-refractivity contribution in [3.63, 3.8) is 0 Å². The Labute approximate surface area is 175 Å². The number of hydrogen-bond donors (Lipinski definition) is 1. The van der Waals surface area contributed by atoms with Crippen LogP contribution >= 0.6 is 0 Å². The maximum Gasteiger partial charge on any atom is 0.338 e. The van der Waals surface area contributed by atoms with E-state index < -0.39 is 0 Å². The van der Waals surface area contributed by atoms with Gasteiger partial charge in [-0.25, -0.2) is 4.79 Å². The number of methoxy groups -OCH3 is 2. The highest BCUT2D eigenvalue weighted by Crippen LogP contribution is 2.26. The predicted octanol–water partition coefficient (Wildman–Crippen LogP) is 3.65. The van der Waals surface area contributed by atoms with Crippen LogP contribution in [0, 0.1) is 0 Å². The number of anilines is 1. The van der Waals surface area contributed by atoms with Crippen molar-refractivity contribution in [2.24, 2.45) is 5.16 Å². The first-order valence-corrected chi connectivity index (χ1v) is 9.51. The fourth-order valence-electron chi connectivity index (χ4n) is 2.41. The number of carbonyl (C=O) groups excluding carboxylic acids is 2. The van der Waals surface area contributed by atoms with Gasteiger partial charge >= 0.3 is 5.97 Å². The minimum Gasteiger partial charge on any atom is -0.493 e. The molecule has 2 rings (SSSR count). The number of oxime groups is 1. The molecule has 0 radical (unpaired) electrons. The molecule has 0 aliphatic carbocycles. The zero-order valence-electron chi connectivity index (χ0n) is 17.3. The van der Waals surface area contributed by atoms with Crippen molar-refractivity contribution in [1.82, 2.24) is 0 Å². The SMILES string of the molecule is CCCCOC(=O)c1ccc(NC(=O)CO/N=C\c2ccc(OC)c(OC)c2)cc1. The maximum absolute atomic E-state index is 12.0. The molecule has 0 fully saturated rings. The van der Waals surface area contributed by atoms with E-state index in [0.29, 0.717) is 29.4 Å². The van der Waals surface area contributed by atoms with Crippen LogP contribution in [0.3, 0.4) is 0 Å². The minimum atomic E-state index is -0.380. The number of amides is 1. The first kappa shape index (κ1) is 22.7. The van der Waals surface area contributed by atoms with E-state index in [0.717, 1.165) is 18.4 Å². The smallest absolute Gasteiger partial charge is 0.338 e. The van der Waals surface area contributed by atoms with Crippen molar-refractivity contribution in [3.8, 4) is 11.5 Å². The number of ether oxygens (including phenoxy) is 3. The van der Waals surface area contributed by atoms with Gasteiger partial charge in [0.05, 0.1) is 32.6 Å². The molecule has 2 aromatic rings. The zero-order valence-corrected chi connectivity index (χ0v) is 17.3. The molecule has 0 aliphatic heterocycles. The quantitative estimate of drug-likeness (QED) is 0.261. The van der Waals surface area contributed by atoms with Gasteiger partial charge in [0, 0.05) is 11.3 Å². The van der Waals surface area contributed by atoms with Crippen LogP contribution in [0.4, 0.5) is 5.69 Å². The van der Waals surface area contributed by atoms with Gasteiger partial charge in [-0.05, 0) is 48.9 Å². The lowest BCUT2D eigenvalue weighted by atomic mass is 10.2. The largest absolute Gasteiger partial charge is 0.493 e. The Morgan fingerprint density at radius 3 is 2.43 bits per heavy atom. The first-order valence-electron chi connectivity index (χ1n) is 9.51. The molecular formula is C22H26N2O6. The molecule has 0 unspecified atom stereocenters. The number of unbranched alkanes of at least 4 members (excludes halogenated alkanes) is 1. The summed E-state index contributed by atoms with van der Waals surface area (Å²) in [5.74, 6) is 0.416. The van der Waals surface area contributed by atoms with Crippen LogP contribution in [0.15, 0.2) is 47.6 Å². The molecule has 0 aromatic heterocycles. The molecule has 0 saturated carbocycles. The second-order valence-corrected chi connectivity index (χ2v) is 6.24. The van der Waals surface area contributed by atoms with E-state index in [1.54, 1.807) is 56.7 Å². The molecule has 0 atom stereocenters. The standard InChI is InChI=1S/C22H26N2O6/c1-4-5-12-29-22(26)17-7-9-18(10-8-17)24-21(25)15-30-23-14-16-6-11-19(27-2)20(13-16)28-3/h6-11,13-14H,4-5,12,15H2,1-3H3,(H,24,25)/b23-14-. The van der Waals surface area contributed by atoms with Gasteiger partial charge in [-0.2, -0.15) is 0 Å². The number of nitrogens with one attached hydrogen (secondary N) is 1. The Hall–Kier alpha value is -3.55. The third kappa shape index (κ3) is 7.12. The van der Waals surface area contributed by atoms with Gasteiger partial charge in [-0.15, -0.1) is 0 Å². The average molecular weight is 414 g/mol. The Kier molecular flexibility index (Phi) is 9.18. The van der Waals surface area contributed by atoms with E-state index in [-0.39, 0.29) is 18.5 Å². The molecule has 8 nitrogen and oxygen atoms in total. The van der Waals surface area contributed by atoms with Crippen molar-refractivity contribution < 1.29 is 28.6 Å². The average Bonchev–Trinajstić information content (AvgIpc) is 2.77. The van der Waals surface area contributed by atoms with Crippen molar-refractivity contribution in [3.05, 3.63) is 53.6 Å². The van der Waals surface area contributed by atoms with Gasteiger partial charge in [0.25, 0.3) is 5.91 Å². The molecule has 0 saturated heterocycles. The van der Waals surface area contributed by atoms with Gasteiger partial charge in [0.15, 0.2) is 18.1 Å². The van der Waals surface area contributed by atoms with E-state index in [2.05, 4.69) is 10.5 Å². The van der Waals surface area contributed by atoms with Gasteiger partial charge in [0.1, 0.15) is 0 Å². The van der Waals surface area contributed by atoms with Crippen molar-refractivity contribution in [2.45, 2.75) is 19.8 Å². The Morgan fingerprint density at radius 2 is 1.77 bits per heavy atom. The number of hydrogen-bond acceptors (Lipinski definition) is 7. The van der Waals surface area contributed by atoms with Gasteiger partial charge < -0.3 is 24.4 Å². The lowest BCUT2D eigenvalue weighted by molar-refractivity contribution is -0.120. The predicted molar refractivity (Wildman–Crippen MR) is 113 cm³/mol. The molecular weight excluding hydrogens is 388 g/mol. The maximum atomic E-state index is 12.0.